The Balaban J connectivity index is 2.14. The third kappa shape index (κ3) is 1.83. The largest absolute Gasteiger partial charge is 0.355 e. The van der Waals surface area contributed by atoms with E-state index in [0.29, 0.717) is 5.56 Å². The third-order valence-electron chi connectivity index (χ3n) is 3.93. The number of pyridine rings is 1. The van der Waals surface area contributed by atoms with Crippen LogP contribution in [0, 0.1) is 0 Å². The van der Waals surface area contributed by atoms with Crippen molar-refractivity contribution in [1.29, 1.82) is 0 Å². The van der Waals surface area contributed by atoms with Crippen molar-refractivity contribution in [2.75, 3.05) is 0 Å². The van der Waals surface area contributed by atoms with Crippen LogP contribution in [0.1, 0.15) is 5.56 Å². The molecule has 1 aromatic carbocycles. The maximum atomic E-state index is 12.5. The van der Waals surface area contributed by atoms with Crippen LogP contribution in [0.25, 0.3) is 21.8 Å². The van der Waals surface area contributed by atoms with Crippen LogP contribution < -0.4 is 22.0 Å². The van der Waals surface area contributed by atoms with Gasteiger partial charge in [0.25, 0.3) is 11.1 Å². The highest BCUT2D eigenvalue weighted by molar-refractivity contribution is 5.93. The minimum absolute atomic E-state index is 0.0226. The number of rotatable bonds is 2. The summed E-state index contributed by atoms with van der Waals surface area (Å²) in [7, 11) is 0. The molecule has 0 spiro atoms. The van der Waals surface area contributed by atoms with Gasteiger partial charge in [-0.3, -0.25) is 28.7 Å². The molecule has 2 N–H and O–H groups in total. The molecular formula is C16H10N4O4. The average molecular weight is 322 g/mol. The zero-order valence-electron chi connectivity index (χ0n) is 12.2. The van der Waals surface area contributed by atoms with Crippen molar-refractivity contribution in [1.82, 2.24) is 19.5 Å². The minimum atomic E-state index is -0.764. The number of fused-ring (bicyclic) bond motifs is 2. The van der Waals surface area contributed by atoms with Gasteiger partial charge in [-0.25, -0.2) is 0 Å². The molecule has 4 aromatic rings. The maximum Gasteiger partial charge on any atom is 0.266 e. The molecule has 0 bridgehead atoms. The van der Waals surface area contributed by atoms with Crippen molar-refractivity contribution >= 4 is 21.8 Å². The molecule has 0 amide bonds. The quantitative estimate of drug-likeness (QED) is 0.529. The topological polar surface area (TPSA) is 118 Å². The number of H-pyrrole nitrogens is 2. The lowest BCUT2D eigenvalue weighted by molar-refractivity contribution is 0.751. The molecule has 0 radical (unpaired) electrons. The summed E-state index contributed by atoms with van der Waals surface area (Å²) in [4.78, 5) is 59.4. The van der Waals surface area contributed by atoms with E-state index in [9.17, 15) is 19.2 Å². The highest BCUT2D eigenvalue weighted by Gasteiger charge is 2.22. The van der Waals surface area contributed by atoms with Gasteiger partial charge < -0.3 is 9.97 Å². The molecule has 24 heavy (non-hydrogen) atoms. The maximum absolute atomic E-state index is 12.5. The van der Waals surface area contributed by atoms with Crippen molar-refractivity contribution < 1.29 is 0 Å². The van der Waals surface area contributed by atoms with E-state index in [1.807, 2.05) is 0 Å². The standard InChI is InChI=1S/C16H10N4O4/c21-13-9-10(14(22)12-11(13)18-4-5-19-12)16(24)20(15(9)23)7-8-2-1-3-17-6-8/h1-6,18-19H,7H2. The predicted octanol–water partition coefficient (Wildman–Crippen LogP) is -0.227. The lowest BCUT2D eigenvalue weighted by Crippen LogP contribution is -2.27. The first-order chi connectivity index (χ1) is 11.6. The molecule has 8 nitrogen and oxygen atoms in total. The first kappa shape index (κ1) is 14.1. The second kappa shape index (κ2) is 4.98. The van der Waals surface area contributed by atoms with Crippen molar-refractivity contribution in [2.45, 2.75) is 6.54 Å². The van der Waals surface area contributed by atoms with Gasteiger partial charge in [0.2, 0.25) is 10.9 Å². The van der Waals surface area contributed by atoms with Gasteiger partial charge in [0, 0.05) is 24.8 Å². The molecule has 3 heterocycles. The van der Waals surface area contributed by atoms with E-state index < -0.39 is 22.0 Å². The molecule has 0 aliphatic rings. The molecular weight excluding hydrogens is 312 g/mol. The SMILES string of the molecule is O=c1c2[nH]cc[nH]c2c(=O)c2c(=O)n(Cc3cccnc3)c(=O)c12. The number of hydrogen-bond donors (Lipinski definition) is 2. The second-order valence-corrected chi connectivity index (χ2v) is 5.34. The lowest BCUT2D eigenvalue weighted by atomic mass is 10.1. The van der Waals surface area contributed by atoms with Gasteiger partial charge in [-0.05, 0) is 11.6 Å². The normalized spacial score (nSPS) is 11.3. The molecule has 0 fully saturated rings. The van der Waals surface area contributed by atoms with Gasteiger partial charge in [0.1, 0.15) is 21.8 Å². The number of hydrogen-bond acceptors (Lipinski definition) is 5. The highest BCUT2D eigenvalue weighted by atomic mass is 16.2. The third-order valence-corrected chi connectivity index (χ3v) is 3.93. The molecule has 0 aliphatic heterocycles. The van der Waals surface area contributed by atoms with E-state index >= 15 is 0 Å². The van der Waals surface area contributed by atoms with Crippen LogP contribution in [0.15, 0.2) is 56.1 Å². The van der Waals surface area contributed by atoms with Crippen molar-refractivity contribution in [3.05, 3.63) is 83.6 Å². The number of aromatic nitrogens is 4. The number of aromatic amines is 2. The number of nitrogens with zero attached hydrogens (tertiary/aromatic N) is 2. The summed E-state index contributed by atoms with van der Waals surface area (Å²) in [5.74, 6) is 0. The molecule has 118 valence electrons. The molecule has 0 atom stereocenters. The number of nitrogens with one attached hydrogen (secondary N) is 2. The summed E-state index contributed by atoms with van der Waals surface area (Å²) in [5.41, 5.74) is -2.28. The average Bonchev–Trinajstić information content (AvgIpc) is 2.86. The zero-order chi connectivity index (χ0) is 16.8. The predicted molar refractivity (Wildman–Crippen MR) is 87.8 cm³/mol. The number of benzene rings is 1. The van der Waals surface area contributed by atoms with Crippen molar-refractivity contribution in [3.8, 4) is 0 Å². The first-order valence-corrected chi connectivity index (χ1v) is 7.10. The van der Waals surface area contributed by atoms with Crippen LogP contribution in [0.5, 0.6) is 0 Å². The molecule has 4 rings (SSSR count). The van der Waals surface area contributed by atoms with E-state index in [0.717, 1.165) is 4.57 Å². The zero-order valence-corrected chi connectivity index (χ0v) is 12.2. The molecule has 3 aromatic heterocycles. The highest BCUT2D eigenvalue weighted by Crippen LogP contribution is 2.05. The fraction of sp³-hybridized carbons (Fsp3) is 0.0625. The lowest BCUT2D eigenvalue weighted by Gasteiger charge is -1.99. The Kier molecular flexibility index (Phi) is 2.92. The Bertz CT molecular complexity index is 1220. The summed E-state index contributed by atoms with van der Waals surface area (Å²) >= 11 is 0. The Morgan fingerprint density at radius 1 is 0.917 bits per heavy atom. The Morgan fingerprint density at radius 2 is 1.50 bits per heavy atom. The van der Waals surface area contributed by atoms with Crippen LogP contribution in [-0.2, 0) is 6.54 Å². The van der Waals surface area contributed by atoms with E-state index in [2.05, 4.69) is 15.0 Å². The fourth-order valence-electron chi connectivity index (χ4n) is 2.82. The molecule has 8 heteroatoms. The van der Waals surface area contributed by atoms with Crippen molar-refractivity contribution in [2.24, 2.45) is 0 Å². The van der Waals surface area contributed by atoms with Gasteiger partial charge in [-0.15, -0.1) is 0 Å². The van der Waals surface area contributed by atoms with Gasteiger partial charge in [0.15, 0.2) is 0 Å². The summed E-state index contributed by atoms with van der Waals surface area (Å²) in [6.07, 6.45) is 5.95. The van der Waals surface area contributed by atoms with Gasteiger partial charge in [-0.2, -0.15) is 0 Å². The van der Waals surface area contributed by atoms with E-state index in [1.165, 1.54) is 18.6 Å². The van der Waals surface area contributed by atoms with Crippen LogP contribution in [0.2, 0.25) is 0 Å². The summed E-state index contributed by atoms with van der Waals surface area (Å²) in [6, 6.07) is 3.37. The van der Waals surface area contributed by atoms with E-state index in [1.54, 1.807) is 18.3 Å². The van der Waals surface area contributed by atoms with Gasteiger partial charge in [-0.1, -0.05) is 6.07 Å². The Labute approximate surface area is 132 Å². The van der Waals surface area contributed by atoms with Gasteiger partial charge >= 0.3 is 0 Å². The van der Waals surface area contributed by atoms with Crippen molar-refractivity contribution in [3.63, 3.8) is 0 Å². The van der Waals surface area contributed by atoms with Crippen LogP contribution in [0.3, 0.4) is 0 Å². The molecule has 0 unspecified atom stereocenters. The molecule has 0 saturated heterocycles. The Morgan fingerprint density at radius 3 is 2.00 bits per heavy atom. The van der Waals surface area contributed by atoms with E-state index in [-0.39, 0.29) is 28.4 Å². The summed E-state index contributed by atoms with van der Waals surface area (Å²) < 4.78 is 0.892. The molecule has 0 aliphatic carbocycles. The van der Waals surface area contributed by atoms with E-state index in [4.69, 9.17) is 0 Å². The smallest absolute Gasteiger partial charge is 0.266 e. The summed E-state index contributed by atoms with van der Waals surface area (Å²) in [5, 5.41) is -0.755. The Hall–Kier alpha value is -3.55. The fourth-order valence-corrected chi connectivity index (χ4v) is 2.82. The summed E-state index contributed by atoms with van der Waals surface area (Å²) in [6.45, 7) is -0.0527. The second-order valence-electron chi connectivity index (χ2n) is 5.34. The van der Waals surface area contributed by atoms with Crippen LogP contribution in [-0.4, -0.2) is 19.5 Å². The molecule has 0 saturated carbocycles. The van der Waals surface area contributed by atoms with Crippen LogP contribution in [0.4, 0.5) is 0 Å². The van der Waals surface area contributed by atoms with Gasteiger partial charge in [0.05, 0.1) is 6.54 Å². The monoisotopic (exact) mass is 322 g/mol. The minimum Gasteiger partial charge on any atom is -0.355 e. The first-order valence-electron chi connectivity index (χ1n) is 7.10. The van der Waals surface area contributed by atoms with Crippen LogP contribution >= 0.6 is 0 Å².